The van der Waals surface area contributed by atoms with Gasteiger partial charge in [0.05, 0.1) is 0 Å². The molecule has 0 heterocycles. The van der Waals surface area contributed by atoms with Crippen molar-refractivity contribution < 1.29 is 15.4 Å². The summed E-state index contributed by atoms with van der Waals surface area (Å²) < 4.78 is 34.2. The molecule has 0 fully saturated rings. The van der Waals surface area contributed by atoms with Crippen LogP contribution >= 0.6 is 20.8 Å². The maximum atomic E-state index is 11.3. The van der Waals surface area contributed by atoms with Crippen molar-refractivity contribution in [1.82, 2.24) is 0 Å². The van der Waals surface area contributed by atoms with Crippen LogP contribution in [0.2, 0.25) is 0 Å². The molecule has 0 unspecified atom stereocenters. The molecule has 0 aromatic heterocycles. The zero-order chi connectivity index (χ0) is 22.8. The van der Waals surface area contributed by atoms with E-state index in [1.807, 2.05) is 91.0 Å². The number of carboxylic acid groups (broad SMARTS) is 1. The third-order valence-corrected chi connectivity index (χ3v) is 13.9. The molecule has 3 aromatic rings. The normalized spacial score (nSPS) is 16.1. The SMILES string of the molecule is [2H]C([2H])(CC(=O)O)C([2H])([2H])CP(Br)(c1ccccc1)(c1ccccc1)c1ccccc1. The standard InChI is InChI=1S/C23H24BrO2P/c24-27(19-11-10-18-23(25)26,20-12-4-1-5-13-20,21-14-6-2-7-15-21)22-16-8-3-9-17-22/h1-9,12-17H,10-11,18-19H2,(H,25,26)/i10D2,11D2. The van der Waals surface area contributed by atoms with Crippen molar-refractivity contribution in [2.75, 3.05) is 6.16 Å². The summed E-state index contributed by atoms with van der Waals surface area (Å²) in [5.74, 6) is -1.37. The number of hydrogen-bond donors (Lipinski definition) is 1. The minimum absolute atomic E-state index is 0.239. The van der Waals surface area contributed by atoms with Crippen molar-refractivity contribution in [3.63, 3.8) is 0 Å². The summed E-state index contributed by atoms with van der Waals surface area (Å²) in [5, 5.41) is 8.03. The van der Waals surface area contributed by atoms with Gasteiger partial charge in [-0.25, -0.2) is 0 Å². The first-order chi connectivity index (χ1) is 14.5. The number of carbonyl (C=O) groups is 1. The Morgan fingerprint density at radius 3 is 1.48 bits per heavy atom. The second-order valence-corrected chi connectivity index (χ2v) is 15.2. The number of rotatable bonds is 8. The van der Waals surface area contributed by atoms with Crippen molar-refractivity contribution in [2.24, 2.45) is 0 Å². The van der Waals surface area contributed by atoms with E-state index < -0.39 is 30.4 Å². The fraction of sp³-hybridized carbons (Fsp3) is 0.174. The van der Waals surface area contributed by atoms with E-state index in [-0.39, 0.29) is 6.16 Å². The van der Waals surface area contributed by atoms with Crippen molar-refractivity contribution in [3.8, 4) is 0 Å². The van der Waals surface area contributed by atoms with E-state index >= 15 is 0 Å². The fourth-order valence-electron chi connectivity index (χ4n) is 3.28. The van der Waals surface area contributed by atoms with Gasteiger partial charge in [-0.05, 0) is 0 Å². The van der Waals surface area contributed by atoms with Gasteiger partial charge in [-0.1, -0.05) is 0 Å². The van der Waals surface area contributed by atoms with E-state index in [2.05, 4.69) is 15.5 Å². The molecule has 0 saturated heterocycles. The van der Waals surface area contributed by atoms with Crippen LogP contribution in [0.15, 0.2) is 91.0 Å². The fourth-order valence-corrected chi connectivity index (χ4v) is 10.0. The van der Waals surface area contributed by atoms with Gasteiger partial charge < -0.3 is 0 Å². The molecular weight excluding hydrogens is 419 g/mol. The summed E-state index contributed by atoms with van der Waals surface area (Å²) in [6.45, 7) is 0. The summed E-state index contributed by atoms with van der Waals surface area (Å²) in [7, 11) is 0. The first kappa shape index (κ1) is 15.0. The maximum absolute atomic E-state index is 11.3. The van der Waals surface area contributed by atoms with Crippen LogP contribution in [0.4, 0.5) is 0 Å². The van der Waals surface area contributed by atoms with Gasteiger partial charge in [0.2, 0.25) is 0 Å². The molecule has 0 bridgehead atoms. The van der Waals surface area contributed by atoms with Crippen LogP contribution in [0.3, 0.4) is 0 Å². The Labute approximate surface area is 174 Å². The Hall–Kier alpha value is -1.96. The van der Waals surface area contributed by atoms with Crippen LogP contribution < -0.4 is 15.9 Å². The van der Waals surface area contributed by atoms with Crippen molar-refractivity contribution in [2.45, 2.75) is 19.2 Å². The zero-order valence-corrected chi connectivity index (χ0v) is 17.2. The molecular formula is C23H24BrO2P. The molecule has 0 atom stereocenters. The zero-order valence-electron chi connectivity index (χ0n) is 18.8. The van der Waals surface area contributed by atoms with E-state index in [0.717, 1.165) is 15.9 Å². The van der Waals surface area contributed by atoms with Crippen LogP contribution in [0.25, 0.3) is 0 Å². The monoisotopic (exact) mass is 446 g/mol. The van der Waals surface area contributed by atoms with E-state index in [0.29, 0.717) is 0 Å². The number of hydrogen-bond acceptors (Lipinski definition) is 1. The van der Waals surface area contributed by atoms with E-state index in [9.17, 15) is 9.90 Å². The number of carboxylic acids is 1. The number of aliphatic carboxylic acids is 1. The molecule has 0 radical (unpaired) electrons. The second kappa shape index (κ2) is 8.37. The summed E-state index contributed by atoms with van der Waals surface area (Å²) >= 11 is 4.09. The molecule has 3 aromatic carbocycles. The van der Waals surface area contributed by atoms with Crippen LogP contribution in [0, 0.1) is 0 Å². The number of halogens is 1. The van der Waals surface area contributed by atoms with Gasteiger partial charge in [-0.3, -0.25) is 0 Å². The van der Waals surface area contributed by atoms with Crippen molar-refractivity contribution >= 4 is 42.7 Å². The molecule has 0 aliphatic carbocycles. The van der Waals surface area contributed by atoms with Gasteiger partial charge >= 0.3 is 174 Å². The topological polar surface area (TPSA) is 37.3 Å². The summed E-state index contributed by atoms with van der Waals surface area (Å²) in [5.41, 5.74) is 0. The van der Waals surface area contributed by atoms with Crippen molar-refractivity contribution in [3.05, 3.63) is 91.0 Å². The first-order valence-corrected chi connectivity index (χ1v) is 13.1. The van der Waals surface area contributed by atoms with Crippen LogP contribution in [0.1, 0.15) is 24.6 Å². The summed E-state index contributed by atoms with van der Waals surface area (Å²) in [6.07, 6.45) is -6.18. The first-order valence-electron chi connectivity index (χ1n) is 10.6. The average molecular weight is 447 g/mol. The molecule has 140 valence electrons. The van der Waals surface area contributed by atoms with Gasteiger partial charge in [-0.2, -0.15) is 0 Å². The summed E-state index contributed by atoms with van der Waals surface area (Å²) in [4.78, 5) is 11.3. The molecule has 0 saturated carbocycles. The van der Waals surface area contributed by atoms with Gasteiger partial charge in [0, 0.05) is 0 Å². The molecule has 4 heteroatoms. The molecule has 0 aliphatic rings. The Kier molecular flexibility index (Phi) is 4.66. The molecule has 0 aliphatic heterocycles. The Morgan fingerprint density at radius 1 is 0.778 bits per heavy atom. The summed E-state index contributed by atoms with van der Waals surface area (Å²) in [6, 6.07) is 28.5. The third-order valence-electron chi connectivity index (χ3n) is 4.62. The molecule has 0 amide bonds. The Bertz CT molecular complexity index is 948. The van der Waals surface area contributed by atoms with Gasteiger partial charge in [0.15, 0.2) is 0 Å². The molecule has 3 rings (SSSR count). The molecule has 27 heavy (non-hydrogen) atoms. The molecule has 2 nitrogen and oxygen atoms in total. The van der Waals surface area contributed by atoms with E-state index in [1.54, 1.807) is 0 Å². The van der Waals surface area contributed by atoms with Crippen LogP contribution in [-0.4, -0.2) is 17.2 Å². The molecule has 0 spiro atoms. The van der Waals surface area contributed by atoms with Gasteiger partial charge in [0.25, 0.3) is 0 Å². The second-order valence-electron chi connectivity index (χ2n) is 6.27. The average Bonchev–Trinajstić information content (AvgIpc) is 2.74. The minimum atomic E-state index is -3.74. The predicted octanol–water partition coefficient (Wildman–Crippen LogP) is 5.08. The number of benzene rings is 3. The Morgan fingerprint density at radius 2 is 1.15 bits per heavy atom. The van der Waals surface area contributed by atoms with Crippen LogP contribution in [-0.2, 0) is 4.79 Å². The van der Waals surface area contributed by atoms with Crippen LogP contribution in [0.5, 0.6) is 0 Å². The Balaban J connectivity index is 2.38. The molecule has 1 N–H and O–H groups in total. The van der Waals surface area contributed by atoms with E-state index in [4.69, 9.17) is 5.48 Å². The van der Waals surface area contributed by atoms with E-state index in [1.165, 1.54) is 0 Å². The van der Waals surface area contributed by atoms with Gasteiger partial charge in [0.1, 0.15) is 0 Å². The van der Waals surface area contributed by atoms with Gasteiger partial charge in [-0.15, -0.1) is 0 Å². The van der Waals surface area contributed by atoms with Crippen molar-refractivity contribution in [1.29, 1.82) is 0 Å². The predicted molar refractivity (Wildman–Crippen MR) is 120 cm³/mol. The third kappa shape index (κ3) is 3.85. The quantitative estimate of drug-likeness (QED) is 0.489.